The van der Waals surface area contributed by atoms with Gasteiger partial charge in [0.05, 0.1) is 6.54 Å². The normalized spacial score (nSPS) is 12.4. The van der Waals surface area contributed by atoms with E-state index in [0.717, 1.165) is 0 Å². The van der Waals surface area contributed by atoms with Gasteiger partial charge in [-0.05, 0) is 6.92 Å². The van der Waals surface area contributed by atoms with Crippen molar-refractivity contribution in [3.05, 3.63) is 35.9 Å². The van der Waals surface area contributed by atoms with E-state index in [1.165, 1.54) is 0 Å². The first kappa shape index (κ1) is 17.9. The van der Waals surface area contributed by atoms with E-state index in [-0.39, 0.29) is 36.6 Å². The average molecular weight is 304 g/mol. The van der Waals surface area contributed by atoms with Crippen LogP contribution in [0.25, 0.3) is 0 Å². The molecule has 0 saturated heterocycles. The van der Waals surface area contributed by atoms with Crippen LogP contribution in [0.15, 0.2) is 30.3 Å². The summed E-state index contributed by atoms with van der Waals surface area (Å²) in [5.41, 5.74) is 0.0967. The van der Waals surface area contributed by atoms with Crippen LogP contribution in [0.2, 0.25) is 0 Å². The van der Waals surface area contributed by atoms with Gasteiger partial charge >= 0.3 is 0 Å². The highest BCUT2D eigenvalue weighted by atomic mass is 16.2. The van der Waals surface area contributed by atoms with Crippen LogP contribution < -0.4 is 10.6 Å². The van der Waals surface area contributed by atoms with E-state index in [9.17, 15) is 14.4 Å². The maximum Gasteiger partial charge on any atom is 0.239 e. The van der Waals surface area contributed by atoms with Gasteiger partial charge < -0.3 is 10.6 Å². The third kappa shape index (κ3) is 6.08. The molecule has 2 N–H and O–H groups in total. The molecule has 0 spiro atoms. The van der Waals surface area contributed by atoms with Gasteiger partial charge in [0, 0.05) is 23.4 Å². The molecule has 0 saturated carbocycles. The molecule has 0 radical (unpaired) electrons. The van der Waals surface area contributed by atoms with Crippen molar-refractivity contribution < 1.29 is 14.4 Å². The number of ketones is 1. The van der Waals surface area contributed by atoms with Crippen molar-refractivity contribution in [2.75, 3.05) is 6.54 Å². The van der Waals surface area contributed by atoms with Crippen molar-refractivity contribution in [2.45, 2.75) is 40.2 Å². The summed E-state index contributed by atoms with van der Waals surface area (Å²) in [6.45, 7) is 7.02. The zero-order valence-corrected chi connectivity index (χ0v) is 13.6. The highest BCUT2D eigenvalue weighted by Gasteiger charge is 2.21. The number of carbonyl (C=O) groups is 3. The molecule has 0 fully saturated rings. The number of amides is 2. The Hall–Kier alpha value is -2.17. The Balaban J connectivity index is 2.39. The highest BCUT2D eigenvalue weighted by Crippen LogP contribution is 2.12. The lowest BCUT2D eigenvalue weighted by atomic mass is 9.96. The van der Waals surface area contributed by atoms with E-state index in [1.807, 2.05) is 6.07 Å². The molecule has 0 aromatic heterocycles. The fraction of sp³-hybridized carbons (Fsp3) is 0.471. The summed E-state index contributed by atoms with van der Waals surface area (Å²) in [5, 5.41) is 5.29. The lowest BCUT2D eigenvalue weighted by molar-refractivity contribution is -0.131. The average Bonchev–Trinajstić information content (AvgIpc) is 2.44. The number of carbonyl (C=O) groups excluding carboxylic acids is 3. The molecule has 2 amide bonds. The molecule has 1 atom stereocenters. The van der Waals surface area contributed by atoms with E-state index in [4.69, 9.17) is 0 Å². The molecule has 0 unspecified atom stereocenters. The predicted molar refractivity (Wildman–Crippen MR) is 85.5 cm³/mol. The van der Waals surface area contributed by atoms with Crippen LogP contribution >= 0.6 is 0 Å². The van der Waals surface area contributed by atoms with Crippen molar-refractivity contribution in [2.24, 2.45) is 5.41 Å². The van der Waals surface area contributed by atoms with E-state index in [0.29, 0.717) is 5.56 Å². The first-order valence-electron chi connectivity index (χ1n) is 7.36. The van der Waals surface area contributed by atoms with Crippen molar-refractivity contribution >= 4 is 17.6 Å². The maximum absolute atomic E-state index is 12.0. The molecule has 0 aliphatic carbocycles. The molecule has 0 heterocycles. The Labute approximate surface area is 131 Å². The Morgan fingerprint density at radius 1 is 1.09 bits per heavy atom. The minimum absolute atomic E-state index is 0.0212. The lowest BCUT2D eigenvalue weighted by Crippen LogP contribution is -2.44. The van der Waals surface area contributed by atoms with E-state index < -0.39 is 5.41 Å². The van der Waals surface area contributed by atoms with Crippen LogP contribution in [-0.2, 0) is 9.59 Å². The molecule has 0 aliphatic rings. The molecule has 1 aromatic rings. The number of hydrogen-bond donors (Lipinski definition) is 2. The van der Waals surface area contributed by atoms with Crippen molar-refractivity contribution in [3.8, 4) is 0 Å². The van der Waals surface area contributed by atoms with Gasteiger partial charge in [-0.25, -0.2) is 0 Å². The fourth-order valence-electron chi connectivity index (χ4n) is 1.82. The highest BCUT2D eigenvalue weighted by molar-refractivity contribution is 5.96. The van der Waals surface area contributed by atoms with Crippen LogP contribution in [0.1, 0.15) is 44.5 Å². The van der Waals surface area contributed by atoms with Crippen molar-refractivity contribution in [1.29, 1.82) is 0 Å². The molecule has 1 aromatic carbocycles. The van der Waals surface area contributed by atoms with Crippen LogP contribution in [-0.4, -0.2) is 30.2 Å². The second-order valence-electron chi connectivity index (χ2n) is 6.39. The van der Waals surface area contributed by atoms with Gasteiger partial charge in [0.25, 0.3) is 0 Å². The molecular weight excluding hydrogens is 280 g/mol. The second kappa shape index (κ2) is 7.73. The summed E-state index contributed by atoms with van der Waals surface area (Å²) in [4.78, 5) is 35.5. The number of nitrogens with one attached hydrogen (secondary N) is 2. The number of Topliss-reactive ketones (excluding diaryl/α,β-unsaturated/α-hetero) is 1. The van der Waals surface area contributed by atoms with Gasteiger partial charge in [-0.15, -0.1) is 0 Å². The fourth-order valence-corrected chi connectivity index (χ4v) is 1.82. The van der Waals surface area contributed by atoms with Gasteiger partial charge in [-0.1, -0.05) is 51.1 Å². The van der Waals surface area contributed by atoms with Gasteiger partial charge in [0.1, 0.15) is 0 Å². The van der Waals surface area contributed by atoms with Crippen LogP contribution in [0.5, 0.6) is 0 Å². The molecule has 5 heteroatoms. The van der Waals surface area contributed by atoms with Gasteiger partial charge in [0.15, 0.2) is 5.78 Å². The van der Waals surface area contributed by atoms with Crippen LogP contribution in [0.4, 0.5) is 0 Å². The van der Waals surface area contributed by atoms with Crippen molar-refractivity contribution in [1.82, 2.24) is 10.6 Å². The Bertz CT molecular complexity index is 533. The monoisotopic (exact) mass is 304 g/mol. The molecule has 5 nitrogen and oxygen atoms in total. The first-order valence-corrected chi connectivity index (χ1v) is 7.36. The van der Waals surface area contributed by atoms with E-state index in [1.54, 1.807) is 52.0 Å². The predicted octanol–water partition coefficient (Wildman–Crippen LogP) is 1.93. The largest absolute Gasteiger partial charge is 0.352 e. The second-order valence-corrected chi connectivity index (χ2v) is 6.39. The van der Waals surface area contributed by atoms with E-state index >= 15 is 0 Å². The van der Waals surface area contributed by atoms with Gasteiger partial charge in [0.2, 0.25) is 11.8 Å². The number of benzene rings is 1. The molecule has 22 heavy (non-hydrogen) atoms. The maximum atomic E-state index is 12.0. The summed E-state index contributed by atoms with van der Waals surface area (Å²) in [6, 6.07) is 8.67. The van der Waals surface area contributed by atoms with Gasteiger partial charge in [-0.3, -0.25) is 14.4 Å². The third-order valence-corrected chi connectivity index (χ3v) is 3.09. The number of hydrogen-bond acceptors (Lipinski definition) is 3. The SMILES string of the molecule is C[C@H](CC(=O)c1ccccc1)NC(=O)CNC(=O)C(C)(C)C. The molecule has 0 bridgehead atoms. The zero-order chi connectivity index (χ0) is 16.8. The molecule has 120 valence electrons. The molecule has 1 rings (SSSR count). The Morgan fingerprint density at radius 3 is 2.23 bits per heavy atom. The minimum atomic E-state index is -0.533. The van der Waals surface area contributed by atoms with Crippen molar-refractivity contribution in [3.63, 3.8) is 0 Å². The van der Waals surface area contributed by atoms with Gasteiger partial charge in [-0.2, -0.15) is 0 Å². The first-order chi connectivity index (χ1) is 10.2. The van der Waals surface area contributed by atoms with Crippen LogP contribution in [0.3, 0.4) is 0 Å². The lowest BCUT2D eigenvalue weighted by Gasteiger charge is -2.18. The molecule has 0 aliphatic heterocycles. The quantitative estimate of drug-likeness (QED) is 0.789. The Kier molecular flexibility index (Phi) is 6.28. The standard InChI is InChI=1S/C17H24N2O3/c1-12(10-14(20)13-8-6-5-7-9-13)19-15(21)11-18-16(22)17(2,3)4/h5-9,12H,10-11H2,1-4H3,(H,18,22)(H,19,21)/t12-/m1/s1. The van der Waals surface area contributed by atoms with Crippen LogP contribution in [0, 0.1) is 5.41 Å². The summed E-state index contributed by atoms with van der Waals surface area (Å²) in [6.07, 6.45) is 0.225. The van der Waals surface area contributed by atoms with E-state index in [2.05, 4.69) is 10.6 Å². The minimum Gasteiger partial charge on any atom is -0.352 e. The topological polar surface area (TPSA) is 75.3 Å². The Morgan fingerprint density at radius 2 is 1.68 bits per heavy atom. The summed E-state index contributed by atoms with van der Waals surface area (Å²) in [5.74, 6) is -0.506. The summed E-state index contributed by atoms with van der Waals surface area (Å²) < 4.78 is 0. The summed E-state index contributed by atoms with van der Waals surface area (Å²) in [7, 11) is 0. The smallest absolute Gasteiger partial charge is 0.239 e. The number of rotatable bonds is 6. The molecular formula is C17H24N2O3. The third-order valence-electron chi connectivity index (χ3n) is 3.09. The summed E-state index contributed by atoms with van der Waals surface area (Å²) >= 11 is 0. The zero-order valence-electron chi connectivity index (χ0n) is 13.6.